The summed E-state index contributed by atoms with van der Waals surface area (Å²) >= 11 is 0. The highest BCUT2D eigenvalue weighted by Gasteiger charge is 2.30. The molecular weight excluding hydrogens is 472 g/mol. The van der Waals surface area contributed by atoms with E-state index in [4.69, 9.17) is 5.10 Å². The third-order valence-electron chi connectivity index (χ3n) is 8.28. The summed E-state index contributed by atoms with van der Waals surface area (Å²) in [6.45, 7) is 17.6. The first kappa shape index (κ1) is 26.1. The number of aromatic nitrogens is 2. The number of likely N-dealkylation sites (tertiary alicyclic amines) is 1. The standard InChI is InChI=1S/C31H42N6O/c1-22-13-16-35(21-22)23(2)19-31-34(5)17-14-32-30(38)20-26-10-6-7-11-27(26)25(4)36-15-9-8-12-29(36)28-18-24(3)37(31)33-28/h6-7,10-11,18-19,22,29H,2,4,8-9,12-17,20-21H2,1,3,5H3,(H,32,38)/b31-19-/t22-,29?/m0/s1. The highest BCUT2D eigenvalue weighted by molar-refractivity contribution is 5.81. The van der Waals surface area contributed by atoms with E-state index in [2.05, 4.69) is 77.0 Å². The Bertz CT molecular complexity index is 1240. The van der Waals surface area contributed by atoms with Crippen molar-refractivity contribution in [1.29, 1.82) is 0 Å². The molecule has 0 spiro atoms. The van der Waals surface area contributed by atoms with Gasteiger partial charge in [-0.1, -0.05) is 44.3 Å². The molecule has 7 nitrogen and oxygen atoms in total. The minimum Gasteiger partial charge on any atom is -0.372 e. The van der Waals surface area contributed by atoms with Crippen molar-refractivity contribution in [1.82, 2.24) is 29.8 Å². The molecule has 3 aliphatic heterocycles. The van der Waals surface area contributed by atoms with E-state index in [1.54, 1.807) is 0 Å². The maximum absolute atomic E-state index is 13.0. The molecule has 5 rings (SSSR count). The van der Waals surface area contributed by atoms with Gasteiger partial charge < -0.3 is 20.0 Å². The quantitative estimate of drug-likeness (QED) is 0.633. The van der Waals surface area contributed by atoms with E-state index in [1.165, 1.54) is 6.42 Å². The Balaban J connectivity index is 1.56. The molecule has 1 N–H and O–H groups in total. The number of nitrogens with one attached hydrogen (secondary N) is 1. The zero-order chi connectivity index (χ0) is 26.8. The molecule has 1 aromatic heterocycles. The van der Waals surface area contributed by atoms with Crippen LogP contribution < -0.4 is 5.32 Å². The van der Waals surface area contributed by atoms with Gasteiger partial charge in [0.05, 0.1) is 18.2 Å². The minimum absolute atomic E-state index is 0.0293. The van der Waals surface area contributed by atoms with Crippen LogP contribution in [-0.4, -0.2) is 70.2 Å². The highest BCUT2D eigenvalue weighted by atomic mass is 16.1. The van der Waals surface area contributed by atoms with E-state index in [9.17, 15) is 4.79 Å². The van der Waals surface area contributed by atoms with Crippen molar-refractivity contribution in [2.45, 2.75) is 52.0 Å². The lowest BCUT2D eigenvalue weighted by Gasteiger charge is -2.38. The van der Waals surface area contributed by atoms with Gasteiger partial charge in [0.25, 0.3) is 0 Å². The number of carbonyl (C=O) groups excluding carboxylic acids is 1. The number of nitrogens with zero attached hydrogens (tertiary/aromatic N) is 5. The molecule has 2 aromatic rings. The Morgan fingerprint density at radius 2 is 1.97 bits per heavy atom. The van der Waals surface area contributed by atoms with Gasteiger partial charge in [0.2, 0.25) is 5.91 Å². The average Bonchev–Trinajstić information content (AvgIpc) is 3.52. The lowest BCUT2D eigenvalue weighted by molar-refractivity contribution is -0.120. The zero-order valence-electron chi connectivity index (χ0n) is 23.2. The molecule has 0 saturated carbocycles. The summed E-state index contributed by atoms with van der Waals surface area (Å²) < 4.78 is 2.06. The Kier molecular flexibility index (Phi) is 7.63. The number of fused-ring (bicyclic) bond motifs is 5. The van der Waals surface area contributed by atoms with Crippen molar-refractivity contribution >= 4 is 17.4 Å². The number of allylic oxidation sites excluding steroid dienone is 1. The molecule has 2 bridgehead atoms. The molecule has 2 fully saturated rings. The molecule has 7 heteroatoms. The van der Waals surface area contributed by atoms with Gasteiger partial charge in [0, 0.05) is 68.5 Å². The smallest absolute Gasteiger partial charge is 0.224 e. The maximum Gasteiger partial charge on any atom is 0.224 e. The summed E-state index contributed by atoms with van der Waals surface area (Å²) in [7, 11) is 2.07. The summed E-state index contributed by atoms with van der Waals surface area (Å²) in [5.74, 6) is 1.69. The second-order valence-electron chi connectivity index (χ2n) is 11.2. The molecular formula is C31H42N6O. The molecule has 202 valence electrons. The summed E-state index contributed by atoms with van der Waals surface area (Å²) in [4.78, 5) is 19.9. The first-order valence-corrected chi connectivity index (χ1v) is 14.1. The predicted octanol–water partition coefficient (Wildman–Crippen LogP) is 4.65. The number of hydrogen-bond acceptors (Lipinski definition) is 5. The van der Waals surface area contributed by atoms with Crippen molar-refractivity contribution in [3.05, 3.63) is 77.8 Å². The topological polar surface area (TPSA) is 56.6 Å². The van der Waals surface area contributed by atoms with Gasteiger partial charge in [-0.15, -0.1) is 0 Å². The average molecular weight is 515 g/mol. The van der Waals surface area contributed by atoms with E-state index in [-0.39, 0.29) is 11.9 Å². The lowest BCUT2D eigenvalue weighted by atomic mass is 9.95. The van der Waals surface area contributed by atoms with Crippen LogP contribution in [0.5, 0.6) is 0 Å². The minimum atomic E-state index is 0.0293. The zero-order valence-corrected chi connectivity index (χ0v) is 23.2. The molecule has 3 aliphatic rings. The molecule has 2 saturated heterocycles. The van der Waals surface area contributed by atoms with Gasteiger partial charge in [0.1, 0.15) is 5.82 Å². The van der Waals surface area contributed by atoms with Gasteiger partial charge >= 0.3 is 0 Å². The fourth-order valence-electron chi connectivity index (χ4n) is 6.05. The number of likely N-dealkylation sites (N-methyl/N-ethyl adjacent to an activating group) is 1. The van der Waals surface area contributed by atoms with Gasteiger partial charge in [-0.2, -0.15) is 5.10 Å². The van der Waals surface area contributed by atoms with E-state index >= 15 is 0 Å². The largest absolute Gasteiger partial charge is 0.372 e. The van der Waals surface area contributed by atoms with Crippen molar-refractivity contribution in [2.75, 3.05) is 39.8 Å². The predicted molar refractivity (Wildman–Crippen MR) is 154 cm³/mol. The van der Waals surface area contributed by atoms with Gasteiger partial charge in [0.15, 0.2) is 0 Å². The molecule has 1 unspecified atom stereocenters. The molecule has 1 amide bonds. The van der Waals surface area contributed by atoms with Crippen molar-refractivity contribution < 1.29 is 4.79 Å². The monoisotopic (exact) mass is 514 g/mol. The first-order chi connectivity index (χ1) is 18.3. The summed E-state index contributed by atoms with van der Waals surface area (Å²) in [5, 5.41) is 8.34. The van der Waals surface area contributed by atoms with Gasteiger partial charge in [-0.25, -0.2) is 4.68 Å². The van der Waals surface area contributed by atoms with Crippen LogP contribution in [0.2, 0.25) is 0 Å². The van der Waals surface area contributed by atoms with Gasteiger partial charge in [-0.05, 0) is 50.2 Å². The third-order valence-corrected chi connectivity index (χ3v) is 8.28. The second-order valence-corrected chi connectivity index (χ2v) is 11.2. The Morgan fingerprint density at radius 3 is 2.76 bits per heavy atom. The molecule has 1 aromatic carbocycles. The van der Waals surface area contributed by atoms with E-state index in [0.29, 0.717) is 25.4 Å². The number of carbonyl (C=O) groups is 1. The summed E-state index contributed by atoms with van der Waals surface area (Å²) in [5.41, 5.74) is 6.22. The Morgan fingerprint density at radius 1 is 1.16 bits per heavy atom. The van der Waals surface area contributed by atoms with E-state index in [1.807, 2.05) is 18.2 Å². The highest BCUT2D eigenvalue weighted by Crippen LogP contribution is 2.37. The summed E-state index contributed by atoms with van der Waals surface area (Å²) in [6.07, 6.45) is 7.02. The van der Waals surface area contributed by atoms with Crippen molar-refractivity contribution in [3.8, 4) is 0 Å². The number of rotatable bonds is 2. The molecule has 38 heavy (non-hydrogen) atoms. The fourth-order valence-corrected chi connectivity index (χ4v) is 6.05. The summed E-state index contributed by atoms with van der Waals surface area (Å²) in [6, 6.07) is 10.6. The number of benzene rings is 1. The number of hydrogen-bond donors (Lipinski definition) is 1. The number of piperidine rings is 1. The Labute approximate surface area is 227 Å². The molecule has 2 atom stereocenters. The normalized spacial score (nSPS) is 24.0. The van der Waals surface area contributed by atoms with Crippen molar-refractivity contribution in [3.63, 3.8) is 0 Å². The van der Waals surface area contributed by atoms with E-state index < -0.39 is 0 Å². The van der Waals surface area contributed by atoms with Gasteiger partial charge in [-0.3, -0.25) is 4.79 Å². The SMILES string of the molecule is C=C(/C=C1/N(C)CCNC(=O)Cc2ccccc2C(=C)N2CCCCC2c2cc(C)n1n2)N1CC[C@H](C)C1. The van der Waals surface area contributed by atoms with Crippen molar-refractivity contribution in [2.24, 2.45) is 5.92 Å². The third kappa shape index (κ3) is 5.38. The maximum atomic E-state index is 13.0. The van der Waals surface area contributed by atoms with Crippen LogP contribution >= 0.6 is 0 Å². The number of aryl methyl sites for hydroxylation is 1. The van der Waals surface area contributed by atoms with Crippen LogP contribution in [0, 0.1) is 12.8 Å². The molecule has 0 radical (unpaired) electrons. The van der Waals surface area contributed by atoms with Crippen LogP contribution in [0.4, 0.5) is 0 Å². The Hall–Kier alpha value is -3.48. The van der Waals surface area contributed by atoms with Crippen LogP contribution in [0.15, 0.2) is 55.3 Å². The number of amides is 1. The molecule has 0 aliphatic carbocycles. The van der Waals surface area contributed by atoms with Crippen LogP contribution in [0.25, 0.3) is 11.5 Å². The van der Waals surface area contributed by atoms with E-state index in [0.717, 1.165) is 78.6 Å². The van der Waals surface area contributed by atoms with Crippen LogP contribution in [0.3, 0.4) is 0 Å². The van der Waals surface area contributed by atoms with Crippen LogP contribution in [-0.2, 0) is 11.2 Å². The lowest BCUT2D eigenvalue weighted by Crippen LogP contribution is -2.35. The molecule has 4 heterocycles. The fraction of sp³-hybridized carbons (Fsp3) is 0.484. The first-order valence-electron chi connectivity index (χ1n) is 14.1. The second kappa shape index (κ2) is 11.1. The van der Waals surface area contributed by atoms with Crippen LogP contribution in [0.1, 0.15) is 61.2 Å².